The van der Waals surface area contributed by atoms with Crippen molar-refractivity contribution in [3.8, 4) is 0 Å². The molecule has 4 heteroatoms. The molecule has 0 spiro atoms. The second-order valence-corrected chi connectivity index (χ2v) is 5.72. The van der Waals surface area contributed by atoms with Crippen LogP contribution in [0.5, 0.6) is 0 Å². The Morgan fingerprint density at radius 3 is 2.35 bits per heavy atom. The highest BCUT2D eigenvalue weighted by Gasteiger charge is 2.12. The highest BCUT2D eigenvalue weighted by Crippen LogP contribution is 2.24. The normalized spacial score (nSPS) is 12.4. The number of hydrogen-bond donors (Lipinski definition) is 1. The third-order valence-corrected chi connectivity index (χ3v) is 3.89. The monoisotopic (exact) mass is 311 g/mol. The molecule has 0 saturated carbocycles. The van der Waals surface area contributed by atoms with Crippen molar-refractivity contribution < 1.29 is 4.39 Å². The van der Waals surface area contributed by atoms with Crippen molar-refractivity contribution in [3.05, 3.63) is 69.5 Å². The van der Waals surface area contributed by atoms with E-state index in [2.05, 4.69) is 0 Å². The molecule has 1 atom stereocenters. The van der Waals surface area contributed by atoms with Gasteiger partial charge in [-0.25, -0.2) is 4.39 Å². The minimum absolute atomic E-state index is 0.226. The van der Waals surface area contributed by atoms with Crippen molar-refractivity contribution in [1.82, 2.24) is 0 Å². The zero-order chi connectivity index (χ0) is 14.5. The van der Waals surface area contributed by atoms with Gasteiger partial charge in [0.05, 0.1) is 0 Å². The van der Waals surface area contributed by atoms with Crippen molar-refractivity contribution in [2.75, 3.05) is 6.54 Å². The summed E-state index contributed by atoms with van der Waals surface area (Å²) in [6.07, 6.45) is 1.55. The molecular formula is C16H16Cl2FN. The maximum absolute atomic E-state index is 12.9. The highest BCUT2D eigenvalue weighted by molar-refractivity contribution is 6.33. The summed E-state index contributed by atoms with van der Waals surface area (Å²) in [5.41, 5.74) is 7.90. The second kappa shape index (κ2) is 7.07. The second-order valence-electron chi connectivity index (χ2n) is 4.87. The molecule has 2 aromatic rings. The zero-order valence-electron chi connectivity index (χ0n) is 11.0. The minimum atomic E-state index is -0.226. The lowest BCUT2D eigenvalue weighted by Crippen LogP contribution is -2.19. The van der Waals surface area contributed by atoms with Crippen molar-refractivity contribution >= 4 is 23.2 Å². The van der Waals surface area contributed by atoms with E-state index >= 15 is 0 Å². The fraction of sp³-hybridized carbons (Fsp3) is 0.250. The Balaban J connectivity index is 2.08. The fourth-order valence-corrected chi connectivity index (χ4v) is 2.59. The standard InChI is InChI=1S/C16H16Cl2FN/c17-14-3-6-16(18)13(9-14)8-12(10-20)7-11-1-4-15(19)5-2-11/h1-6,9,12H,7-8,10,20H2. The van der Waals surface area contributed by atoms with Gasteiger partial charge in [0.25, 0.3) is 0 Å². The number of benzene rings is 2. The van der Waals surface area contributed by atoms with Gasteiger partial charge in [-0.05, 0) is 66.8 Å². The van der Waals surface area contributed by atoms with E-state index in [9.17, 15) is 4.39 Å². The predicted molar refractivity (Wildman–Crippen MR) is 82.8 cm³/mol. The molecule has 2 N–H and O–H groups in total. The fourth-order valence-electron chi connectivity index (χ4n) is 2.20. The minimum Gasteiger partial charge on any atom is -0.330 e. The van der Waals surface area contributed by atoms with Crippen LogP contribution in [-0.2, 0) is 12.8 Å². The van der Waals surface area contributed by atoms with Gasteiger partial charge >= 0.3 is 0 Å². The molecule has 1 nitrogen and oxygen atoms in total. The van der Waals surface area contributed by atoms with E-state index in [0.717, 1.165) is 24.0 Å². The molecule has 0 aliphatic heterocycles. The van der Waals surface area contributed by atoms with E-state index < -0.39 is 0 Å². The Morgan fingerprint density at radius 1 is 1.00 bits per heavy atom. The summed E-state index contributed by atoms with van der Waals surface area (Å²) in [5, 5.41) is 1.37. The Bertz CT molecular complexity index is 569. The molecule has 0 saturated heterocycles. The Hall–Kier alpha value is -1.09. The summed E-state index contributed by atoms with van der Waals surface area (Å²) in [5.74, 6) is 0.0207. The number of rotatable bonds is 5. The molecule has 0 fully saturated rings. The van der Waals surface area contributed by atoms with Crippen LogP contribution in [0.25, 0.3) is 0 Å². The molecule has 2 rings (SSSR count). The van der Waals surface area contributed by atoms with Crippen LogP contribution in [0, 0.1) is 11.7 Å². The third kappa shape index (κ3) is 4.20. The summed E-state index contributed by atoms with van der Waals surface area (Å²) in [7, 11) is 0. The largest absolute Gasteiger partial charge is 0.330 e. The highest BCUT2D eigenvalue weighted by atomic mass is 35.5. The molecule has 2 aromatic carbocycles. The zero-order valence-corrected chi connectivity index (χ0v) is 12.5. The maximum atomic E-state index is 12.9. The summed E-state index contributed by atoms with van der Waals surface area (Å²) in [6, 6.07) is 12.0. The average Bonchev–Trinajstić information content (AvgIpc) is 2.44. The van der Waals surface area contributed by atoms with Gasteiger partial charge in [0.2, 0.25) is 0 Å². The molecule has 0 radical (unpaired) electrons. The molecule has 0 aliphatic carbocycles. The number of nitrogens with two attached hydrogens (primary N) is 1. The molecule has 20 heavy (non-hydrogen) atoms. The first-order valence-corrected chi connectivity index (χ1v) is 7.22. The molecule has 0 aliphatic rings. The quantitative estimate of drug-likeness (QED) is 0.865. The van der Waals surface area contributed by atoms with Crippen LogP contribution in [0.15, 0.2) is 42.5 Å². The van der Waals surface area contributed by atoms with Gasteiger partial charge in [-0.1, -0.05) is 35.3 Å². The van der Waals surface area contributed by atoms with Gasteiger partial charge in [0.1, 0.15) is 5.82 Å². The van der Waals surface area contributed by atoms with Gasteiger partial charge in [0, 0.05) is 10.0 Å². The van der Waals surface area contributed by atoms with Crippen LogP contribution in [0.3, 0.4) is 0 Å². The summed E-state index contributed by atoms with van der Waals surface area (Å²) < 4.78 is 12.9. The van der Waals surface area contributed by atoms with Gasteiger partial charge in [-0.2, -0.15) is 0 Å². The first kappa shape index (κ1) is 15.3. The molecule has 0 aromatic heterocycles. The van der Waals surface area contributed by atoms with Crippen molar-refractivity contribution in [3.63, 3.8) is 0 Å². The topological polar surface area (TPSA) is 26.0 Å². The van der Waals surface area contributed by atoms with Crippen LogP contribution in [0.4, 0.5) is 4.39 Å². The van der Waals surface area contributed by atoms with Crippen LogP contribution < -0.4 is 5.73 Å². The maximum Gasteiger partial charge on any atom is 0.123 e. The summed E-state index contributed by atoms with van der Waals surface area (Å²) >= 11 is 12.2. The predicted octanol–water partition coefficient (Wildman–Crippen LogP) is 4.49. The van der Waals surface area contributed by atoms with Gasteiger partial charge < -0.3 is 5.73 Å². The third-order valence-electron chi connectivity index (χ3n) is 3.29. The first-order chi connectivity index (χ1) is 9.58. The van der Waals surface area contributed by atoms with Crippen molar-refractivity contribution in [2.45, 2.75) is 12.8 Å². The number of halogens is 3. The van der Waals surface area contributed by atoms with Gasteiger partial charge in [-0.3, -0.25) is 0 Å². The van der Waals surface area contributed by atoms with E-state index in [-0.39, 0.29) is 11.7 Å². The lowest BCUT2D eigenvalue weighted by molar-refractivity contribution is 0.532. The first-order valence-electron chi connectivity index (χ1n) is 6.47. The Morgan fingerprint density at radius 2 is 1.70 bits per heavy atom. The number of hydrogen-bond acceptors (Lipinski definition) is 1. The van der Waals surface area contributed by atoms with Gasteiger partial charge in [0.15, 0.2) is 0 Å². The molecule has 106 valence electrons. The Labute approximate surface area is 128 Å². The van der Waals surface area contributed by atoms with Crippen LogP contribution >= 0.6 is 23.2 Å². The van der Waals surface area contributed by atoms with E-state index in [1.807, 2.05) is 6.07 Å². The van der Waals surface area contributed by atoms with Crippen LogP contribution in [-0.4, -0.2) is 6.54 Å². The van der Waals surface area contributed by atoms with Crippen LogP contribution in [0.1, 0.15) is 11.1 Å². The smallest absolute Gasteiger partial charge is 0.123 e. The van der Waals surface area contributed by atoms with Crippen molar-refractivity contribution in [1.29, 1.82) is 0 Å². The lowest BCUT2D eigenvalue weighted by atomic mass is 9.92. The SMILES string of the molecule is NCC(Cc1ccc(F)cc1)Cc1cc(Cl)ccc1Cl. The molecule has 0 heterocycles. The van der Waals surface area contributed by atoms with E-state index in [1.165, 1.54) is 12.1 Å². The van der Waals surface area contributed by atoms with Gasteiger partial charge in [-0.15, -0.1) is 0 Å². The molecule has 0 amide bonds. The van der Waals surface area contributed by atoms with Crippen molar-refractivity contribution in [2.24, 2.45) is 11.7 Å². The van der Waals surface area contributed by atoms with E-state index in [1.54, 1.807) is 24.3 Å². The molecular weight excluding hydrogens is 296 g/mol. The lowest BCUT2D eigenvalue weighted by Gasteiger charge is -2.16. The molecule has 1 unspecified atom stereocenters. The van der Waals surface area contributed by atoms with Crippen LogP contribution in [0.2, 0.25) is 10.0 Å². The summed E-state index contributed by atoms with van der Waals surface area (Å²) in [4.78, 5) is 0. The Kier molecular flexibility index (Phi) is 5.41. The van der Waals surface area contributed by atoms with E-state index in [4.69, 9.17) is 28.9 Å². The van der Waals surface area contributed by atoms with E-state index in [0.29, 0.717) is 16.6 Å². The average molecular weight is 312 g/mol. The molecule has 0 bridgehead atoms. The summed E-state index contributed by atoms with van der Waals surface area (Å²) in [6.45, 7) is 0.542.